The number of aromatic amines is 1. The molecule has 13 aliphatic rings. The highest BCUT2D eigenvalue weighted by molar-refractivity contribution is 7.73. The van der Waals surface area contributed by atoms with Crippen molar-refractivity contribution in [1.29, 1.82) is 26.3 Å². The van der Waals surface area contributed by atoms with E-state index in [-0.39, 0.29) is 30.2 Å². The van der Waals surface area contributed by atoms with Gasteiger partial charge in [0, 0.05) is 134 Å². The number of likely N-dealkylation sites (tertiary alicyclic amines) is 1. The van der Waals surface area contributed by atoms with Crippen LogP contribution in [0.1, 0.15) is 248 Å². The Labute approximate surface area is 914 Å². The number of nitrogen functional groups attached to an aromatic ring is 2. The van der Waals surface area contributed by atoms with Crippen molar-refractivity contribution in [2.24, 2.45) is 0 Å². The van der Waals surface area contributed by atoms with Gasteiger partial charge in [-0.15, -0.1) is 77.3 Å². The van der Waals surface area contributed by atoms with Crippen LogP contribution >= 0.6 is 93.0 Å². The molecule has 10 aromatic rings. The Morgan fingerprint density at radius 3 is 1.22 bits per heavy atom. The maximum Gasteiger partial charge on any atom is 0.410 e. The number of aromatic nitrogens is 10. The van der Waals surface area contributed by atoms with Gasteiger partial charge in [0.1, 0.15) is 115 Å². The van der Waals surface area contributed by atoms with E-state index in [9.17, 15) is 24.9 Å². The number of halogens is 2. The fourth-order valence-corrected chi connectivity index (χ4v) is 25.6. The summed E-state index contributed by atoms with van der Waals surface area (Å²) in [7, 11) is 0. The molecule has 1 saturated carbocycles. The van der Waals surface area contributed by atoms with Gasteiger partial charge in [0.05, 0.1) is 84.3 Å². The van der Waals surface area contributed by atoms with Gasteiger partial charge in [0.15, 0.2) is 11.0 Å². The second-order valence-corrected chi connectivity index (χ2v) is 46.1. The maximum absolute atomic E-state index is 12.5. The summed E-state index contributed by atoms with van der Waals surface area (Å²) < 4.78 is 41.2. The summed E-state index contributed by atoms with van der Waals surface area (Å²) in [6.45, 7) is 36.8. The molecule has 8 fully saturated rings. The van der Waals surface area contributed by atoms with Crippen LogP contribution in [0.2, 0.25) is 5.15 Å². The predicted molar refractivity (Wildman–Crippen MR) is 599 cm³/mol. The second kappa shape index (κ2) is 56.7. The third kappa shape index (κ3) is 30.0. The predicted octanol–water partition coefficient (Wildman–Crippen LogP) is 20.3. The lowest BCUT2D eigenvalue weighted by atomic mass is 9.89. The number of hydrogen-bond acceptors (Lipinski definition) is 37. The van der Waals surface area contributed by atoms with Gasteiger partial charge in [-0.25, -0.2) is 31.1 Å². The first-order valence-electron chi connectivity index (χ1n) is 52.8. The summed E-state index contributed by atoms with van der Waals surface area (Å²) in [5, 5.41) is 72.1. The van der Waals surface area contributed by atoms with E-state index in [1.807, 2.05) is 41.5 Å². The number of morpholine rings is 4. The smallest absolute Gasteiger partial charge is 0.410 e. The lowest BCUT2D eigenvalue weighted by molar-refractivity contribution is -0.120. The van der Waals surface area contributed by atoms with Crippen LogP contribution in [-0.2, 0) is 102 Å². The van der Waals surface area contributed by atoms with Crippen molar-refractivity contribution < 1.29 is 47.5 Å². The van der Waals surface area contributed by atoms with E-state index < -0.39 is 5.60 Å². The Bertz CT molecular complexity index is 6710. The van der Waals surface area contributed by atoms with E-state index in [1.165, 1.54) is 156 Å². The number of nitrogens with zero attached hydrogens (tertiary/aromatic N) is 22. The normalized spacial score (nSPS) is 17.8. The molecule has 6 aliphatic carbocycles. The van der Waals surface area contributed by atoms with Gasteiger partial charge in [-0.2, -0.15) is 26.3 Å². The molecule has 0 unspecified atom stereocenters. The number of nitrogens with one attached hydrogen (secondary N) is 1. The molecule has 7 saturated heterocycles. The minimum Gasteiger partial charge on any atom is -0.444 e. The number of nitrogens with two attached hydrogens (primary N) is 2. The van der Waals surface area contributed by atoms with Crippen molar-refractivity contribution in [3.63, 3.8) is 0 Å². The van der Waals surface area contributed by atoms with Crippen LogP contribution in [0.3, 0.4) is 0 Å². The monoisotopic (exact) mass is 2190 g/mol. The Balaban J connectivity index is 0.000000139. The molecular formula is C107H137Cl2N25O10S6. The summed E-state index contributed by atoms with van der Waals surface area (Å²) in [4.78, 5) is 74.3. The third-order valence-corrected chi connectivity index (χ3v) is 33.2. The largest absolute Gasteiger partial charge is 0.444 e. The number of ether oxygens (including phenoxy) is 7. The zero-order valence-corrected chi connectivity index (χ0v) is 93.5. The van der Waals surface area contributed by atoms with Crippen molar-refractivity contribution >= 4 is 202 Å². The van der Waals surface area contributed by atoms with E-state index in [0.29, 0.717) is 68.4 Å². The molecule has 0 bridgehead atoms. The zero-order valence-electron chi connectivity index (χ0n) is 87.1. The number of carbonyl (C=O) groups excluding carboxylic acids is 3. The molecule has 17 heterocycles. The quantitative estimate of drug-likeness (QED) is 0.0623. The summed E-state index contributed by atoms with van der Waals surface area (Å²) in [6.07, 6.45) is 34.4. The number of anilines is 7. The highest BCUT2D eigenvalue weighted by atomic mass is 35.5. The molecule has 800 valence electrons. The van der Waals surface area contributed by atoms with Crippen LogP contribution in [0.15, 0.2) is 0 Å². The molecular weight excluding hydrogens is 2060 g/mol. The van der Waals surface area contributed by atoms with E-state index in [0.717, 1.165) is 337 Å². The average molecular weight is 2200 g/mol. The highest BCUT2D eigenvalue weighted by Gasteiger charge is 2.36. The van der Waals surface area contributed by atoms with Gasteiger partial charge in [-0.3, -0.25) is 4.79 Å². The maximum atomic E-state index is 12.5. The fraction of sp³-hybridized carbons (Fsp3) is 0.607. The molecule has 10 aromatic heterocycles. The summed E-state index contributed by atoms with van der Waals surface area (Å²) in [5.74, 6) is 5.87. The van der Waals surface area contributed by atoms with Crippen molar-refractivity contribution in [1.82, 2.24) is 60.6 Å². The molecule has 0 aromatic carbocycles. The van der Waals surface area contributed by atoms with Gasteiger partial charge in [-0.05, 0) is 287 Å². The number of Topliss-reactive ketones (excluding diaryl/α,β-unsaturated/α-hetero) is 1. The molecule has 43 heteroatoms. The molecule has 35 nitrogen and oxygen atoms in total. The number of H-pyrrole nitrogens is 1. The molecule has 0 atom stereocenters. The number of pyridine rings is 4. The zero-order chi connectivity index (χ0) is 106. The highest BCUT2D eigenvalue weighted by Crippen LogP contribution is 2.48. The molecule has 7 aliphatic heterocycles. The number of aryl methyl sites for hydroxylation is 3. The van der Waals surface area contributed by atoms with Crippen LogP contribution in [0, 0.1) is 71.7 Å². The number of thiophene rings is 3. The van der Waals surface area contributed by atoms with Gasteiger partial charge in [0.25, 0.3) is 6.54 Å². The molecule has 5 N–H and O–H groups in total. The van der Waals surface area contributed by atoms with E-state index >= 15 is 0 Å². The van der Waals surface area contributed by atoms with E-state index in [2.05, 4.69) is 83.4 Å². The summed E-state index contributed by atoms with van der Waals surface area (Å²) >= 11 is 27.7. The number of nitriles is 5. The summed E-state index contributed by atoms with van der Waals surface area (Å²) in [6, 6.07) is 10.0. The molecule has 23 rings (SSSR count). The van der Waals surface area contributed by atoms with Crippen LogP contribution in [0.4, 0.5) is 49.4 Å². The molecule has 2 amide bonds. The third-order valence-electron chi connectivity index (χ3n) is 27.8. The van der Waals surface area contributed by atoms with Crippen molar-refractivity contribution in [2.75, 3.05) is 206 Å². The van der Waals surface area contributed by atoms with Crippen molar-refractivity contribution in [2.45, 2.75) is 252 Å². The van der Waals surface area contributed by atoms with Crippen LogP contribution in [-0.4, -0.2) is 260 Å². The van der Waals surface area contributed by atoms with E-state index in [4.69, 9.17) is 130 Å². The van der Waals surface area contributed by atoms with Crippen molar-refractivity contribution in [3.8, 4) is 30.3 Å². The number of hydrogen-bond donors (Lipinski definition) is 3. The second-order valence-electron chi connectivity index (χ2n) is 40.3. The Hall–Kier alpha value is -10.8. The van der Waals surface area contributed by atoms with Crippen LogP contribution in [0.25, 0.3) is 55.9 Å². The SMILES string of the molecule is C1CCOCC1.CC(C)(C)OC(=O)N1CCCCC1.CC(C)(C)OC(=O)N1CCN(c2nnnc3c2sc2nc(N4CCOCC4)c4c(c23)CCCC4)CC1.Clc1nnnc2c1sc1nc(N3CCOCC3)c3c(c12)CCCC3.N#CCCl.N#Cc1c(N)sc(=S)c2c1CCCC2.N#Cc1c2c(c(N3CCOCC3)[nH]c1=S)CCCC2.N#Cc1sc2nc(N3CCOCC3)c3c(c2c1N)CCCC3.O=C1CCCCC1.[C-]#[N+]CC#N. The van der Waals surface area contributed by atoms with Crippen LogP contribution in [0.5, 0.6) is 0 Å². The van der Waals surface area contributed by atoms with Gasteiger partial charge in [0.2, 0.25) is 0 Å². The van der Waals surface area contributed by atoms with E-state index in [1.54, 1.807) is 44.6 Å². The average Bonchev–Trinajstić information content (AvgIpc) is 1.58. The number of rotatable bonds is 5. The number of ketones is 1. The standard InChI is InChI=1S/C25H33N7O3S.C16H16ClN5OS.C16H18N4OS.C14H17N3OS.C10H10N2S2.C10H19NO2.C6H10O.C5H10O.C3H2N2.C2H2ClN/c1-25(2,3)35-24(33)32-10-8-30(9-11-32)22-20-19(27-29-28-22)18-16-6-4-5-7-17(16)21(26-23(18)36-20)31-12-14-34-15-13-31;17-14-13-12(19-21-20-14)11-9-3-1-2-4-10(9)15(18-16(11)24-13)22-5-7-23-8-6-22;17-9-12-14(18)13-10-3-1-2-4-11(10)15(19-16(13)22-12)20-5-7-21-8-6-20;15-9-12-10-3-1-2-4-11(10)13(16-14(12)19)17-5-7-18-8-6-17;11-5-8-6-3-1-2-4-7(6)10(13)14-9(8)12;1-10(2,3)13-9(12)11-7-5-4-6-8-11;7-6-4-2-1-3-5-6;1-2-4-6-5-3-1;1-5-3-2-4;3-1-2-4/h4-15H2,1-3H3;1-8H2;1-8,18H2;1-8H2,(H,16,19);1-4,12H2;4-8H2,1-3H3;1-5H2;1-5H2;3H2;1H2. The number of amides is 2. The number of carbonyl (C=O) groups is 3. The topological polar surface area (TPSA) is 446 Å². The lowest BCUT2D eigenvalue weighted by Crippen LogP contribution is -2.50. The Morgan fingerprint density at radius 1 is 0.427 bits per heavy atom. The molecule has 0 spiro atoms. The minimum atomic E-state index is -0.500. The Kier molecular flexibility index (Phi) is 43.3. The number of piperidine rings is 1. The van der Waals surface area contributed by atoms with Crippen LogP contribution < -0.4 is 36.0 Å². The van der Waals surface area contributed by atoms with Gasteiger partial charge < -0.3 is 88.8 Å². The number of fused-ring (bicyclic) bond motifs is 15. The molecule has 150 heavy (non-hydrogen) atoms. The lowest BCUT2D eigenvalue weighted by Gasteiger charge is -2.35. The first-order chi connectivity index (χ1) is 72.8. The minimum absolute atomic E-state index is 0.0139. The fourth-order valence-electron chi connectivity index (χ4n) is 20.7. The number of piperazine rings is 1. The number of alkyl halides is 1. The van der Waals surface area contributed by atoms with Gasteiger partial charge >= 0.3 is 12.2 Å². The summed E-state index contributed by atoms with van der Waals surface area (Å²) in [5.41, 5.74) is 27.9. The first-order valence-corrected chi connectivity index (χ1v) is 57.8. The first kappa shape index (κ1) is 115. The van der Waals surface area contributed by atoms with Crippen molar-refractivity contribution in [3.05, 3.63) is 96.7 Å². The Morgan fingerprint density at radius 2 is 0.807 bits per heavy atom. The molecule has 0 radical (unpaired) electrons. The van der Waals surface area contributed by atoms with Gasteiger partial charge in [-0.1, -0.05) is 42.5 Å².